The summed E-state index contributed by atoms with van der Waals surface area (Å²) in [4.78, 5) is 10.2. The van der Waals surface area contributed by atoms with Crippen LogP contribution in [0.25, 0.3) is 0 Å². The minimum atomic E-state index is -0.677. The van der Waals surface area contributed by atoms with E-state index in [-0.39, 0.29) is 5.92 Å². The van der Waals surface area contributed by atoms with Crippen LogP contribution in [-0.2, 0) is 4.79 Å². The number of aliphatic carboxylic acids is 1. The second-order valence-corrected chi connectivity index (χ2v) is 2.38. The lowest BCUT2D eigenvalue weighted by molar-refractivity contribution is -0.141. The summed E-state index contributed by atoms with van der Waals surface area (Å²) in [7, 11) is 0. The molecule has 54 valence electrons. The van der Waals surface area contributed by atoms with E-state index in [1.807, 2.05) is 0 Å². The number of carboxylic acid groups (broad SMARTS) is 1. The van der Waals surface area contributed by atoms with E-state index in [4.69, 9.17) is 5.11 Å². The Bertz CT molecular complexity index is 88.9. The van der Waals surface area contributed by atoms with E-state index in [0.717, 1.165) is 19.3 Å². The van der Waals surface area contributed by atoms with E-state index in [2.05, 4.69) is 6.92 Å². The topological polar surface area (TPSA) is 37.3 Å². The average molecular weight is 130 g/mol. The van der Waals surface area contributed by atoms with Crippen LogP contribution in [0.2, 0.25) is 0 Å². The summed E-state index contributed by atoms with van der Waals surface area (Å²) < 4.78 is 0. The van der Waals surface area contributed by atoms with Crippen molar-refractivity contribution >= 4 is 5.97 Å². The van der Waals surface area contributed by atoms with Crippen molar-refractivity contribution in [3.8, 4) is 0 Å². The molecule has 0 aliphatic rings. The van der Waals surface area contributed by atoms with E-state index in [9.17, 15) is 4.79 Å². The maximum Gasteiger partial charge on any atom is 0.306 e. The van der Waals surface area contributed by atoms with Crippen LogP contribution < -0.4 is 0 Å². The van der Waals surface area contributed by atoms with Crippen LogP contribution in [0.4, 0.5) is 0 Å². The number of unbranched alkanes of at least 4 members (excludes halogenated alkanes) is 1. The van der Waals surface area contributed by atoms with Crippen LogP contribution in [0, 0.1) is 5.92 Å². The monoisotopic (exact) mass is 130 g/mol. The van der Waals surface area contributed by atoms with Crippen LogP contribution in [0.5, 0.6) is 0 Å². The van der Waals surface area contributed by atoms with Gasteiger partial charge in [0.1, 0.15) is 0 Å². The van der Waals surface area contributed by atoms with Crippen molar-refractivity contribution in [1.82, 2.24) is 0 Å². The van der Waals surface area contributed by atoms with E-state index >= 15 is 0 Å². The van der Waals surface area contributed by atoms with E-state index < -0.39 is 5.97 Å². The minimum absolute atomic E-state index is 0.162. The molecule has 2 nitrogen and oxygen atoms in total. The predicted octanol–water partition coefficient (Wildman–Crippen LogP) is 1.90. The molecule has 0 saturated heterocycles. The smallest absolute Gasteiger partial charge is 0.306 e. The summed E-state index contributed by atoms with van der Waals surface area (Å²) >= 11 is 0. The first kappa shape index (κ1) is 8.47. The fourth-order valence-electron chi connectivity index (χ4n) is 0.634. The van der Waals surface area contributed by atoms with Crippen molar-refractivity contribution in [2.75, 3.05) is 0 Å². The summed E-state index contributed by atoms with van der Waals surface area (Å²) in [5, 5.41) is 8.41. The first-order valence-electron chi connectivity index (χ1n) is 3.41. The molecule has 0 spiro atoms. The van der Waals surface area contributed by atoms with E-state index in [0.29, 0.717) is 0 Å². The largest absolute Gasteiger partial charge is 0.481 e. The molecule has 0 radical (unpaired) electrons. The lowest BCUT2D eigenvalue weighted by Gasteiger charge is -2.02. The van der Waals surface area contributed by atoms with Crippen LogP contribution in [0.15, 0.2) is 0 Å². The van der Waals surface area contributed by atoms with Gasteiger partial charge in [-0.1, -0.05) is 26.7 Å². The Morgan fingerprint density at radius 2 is 2.22 bits per heavy atom. The van der Waals surface area contributed by atoms with Gasteiger partial charge < -0.3 is 5.11 Å². The molecule has 0 aromatic rings. The second-order valence-electron chi connectivity index (χ2n) is 2.38. The van der Waals surface area contributed by atoms with Gasteiger partial charge in [-0.25, -0.2) is 0 Å². The molecule has 0 rings (SSSR count). The van der Waals surface area contributed by atoms with Gasteiger partial charge in [0.15, 0.2) is 0 Å². The third kappa shape index (κ3) is 4.01. The molecule has 9 heavy (non-hydrogen) atoms. The molecule has 2 heteroatoms. The normalized spacial score (nSPS) is 13.1. The molecule has 0 amide bonds. The molecule has 0 heterocycles. The molecular formula is C7H14O2. The molecule has 1 atom stereocenters. The molecule has 0 fully saturated rings. The average Bonchev–Trinajstić information content (AvgIpc) is 1.82. The van der Waals surface area contributed by atoms with Crippen molar-refractivity contribution in [3.63, 3.8) is 0 Å². The Hall–Kier alpha value is -0.530. The zero-order valence-corrected chi connectivity index (χ0v) is 6.05. The fraction of sp³-hybridized carbons (Fsp3) is 0.857. The standard InChI is InChI=1S/C7H14O2/c1-3-4-5-6(2)7(8)9/h6H,3-5H2,1-2H3,(H,8,9)/t6-/m0/s1. The van der Waals surface area contributed by atoms with Crippen molar-refractivity contribution in [2.24, 2.45) is 5.92 Å². The number of carboxylic acids is 1. The molecule has 0 bridgehead atoms. The van der Waals surface area contributed by atoms with Gasteiger partial charge in [-0.15, -0.1) is 0 Å². The maximum atomic E-state index is 10.2. The summed E-state index contributed by atoms with van der Waals surface area (Å²) in [5.74, 6) is -0.839. The highest BCUT2D eigenvalue weighted by atomic mass is 16.4. The maximum absolute atomic E-state index is 10.2. The number of rotatable bonds is 4. The number of carbonyl (C=O) groups is 1. The first-order chi connectivity index (χ1) is 4.18. The molecule has 0 aliphatic heterocycles. The van der Waals surface area contributed by atoms with Gasteiger partial charge in [0.2, 0.25) is 0 Å². The van der Waals surface area contributed by atoms with Gasteiger partial charge in [-0.3, -0.25) is 4.79 Å². The van der Waals surface area contributed by atoms with Crippen LogP contribution in [-0.4, -0.2) is 11.1 Å². The summed E-state index contributed by atoms with van der Waals surface area (Å²) in [6.07, 6.45) is 2.91. The predicted molar refractivity (Wildman–Crippen MR) is 36.3 cm³/mol. The highest BCUT2D eigenvalue weighted by molar-refractivity contribution is 5.69. The summed E-state index contributed by atoms with van der Waals surface area (Å²) in [5.41, 5.74) is 0. The van der Waals surface area contributed by atoms with Gasteiger partial charge in [-0.2, -0.15) is 0 Å². The molecule has 0 saturated carbocycles. The third-order valence-electron chi connectivity index (χ3n) is 1.41. The van der Waals surface area contributed by atoms with Gasteiger partial charge >= 0.3 is 5.97 Å². The van der Waals surface area contributed by atoms with Crippen molar-refractivity contribution in [1.29, 1.82) is 0 Å². The Balaban J connectivity index is 3.27. The van der Waals surface area contributed by atoms with Crippen LogP contribution in [0.1, 0.15) is 33.1 Å². The quantitative estimate of drug-likeness (QED) is 0.631. The van der Waals surface area contributed by atoms with Gasteiger partial charge in [-0.05, 0) is 6.42 Å². The molecule has 0 aromatic carbocycles. The third-order valence-corrected chi connectivity index (χ3v) is 1.41. The Morgan fingerprint density at radius 3 is 2.56 bits per heavy atom. The number of hydrogen-bond acceptors (Lipinski definition) is 1. The second kappa shape index (κ2) is 4.36. The highest BCUT2D eigenvalue weighted by Crippen LogP contribution is 2.06. The summed E-state index contributed by atoms with van der Waals surface area (Å²) in [6.45, 7) is 3.81. The minimum Gasteiger partial charge on any atom is -0.481 e. The van der Waals surface area contributed by atoms with Crippen molar-refractivity contribution < 1.29 is 9.90 Å². The van der Waals surface area contributed by atoms with Gasteiger partial charge in [0.05, 0.1) is 5.92 Å². The van der Waals surface area contributed by atoms with E-state index in [1.165, 1.54) is 0 Å². The zero-order valence-electron chi connectivity index (χ0n) is 6.05. The number of hydrogen-bond donors (Lipinski definition) is 1. The fourth-order valence-corrected chi connectivity index (χ4v) is 0.634. The van der Waals surface area contributed by atoms with Gasteiger partial charge in [0, 0.05) is 0 Å². The highest BCUT2D eigenvalue weighted by Gasteiger charge is 2.08. The van der Waals surface area contributed by atoms with Crippen LogP contribution >= 0.6 is 0 Å². The van der Waals surface area contributed by atoms with E-state index in [1.54, 1.807) is 6.92 Å². The Labute approximate surface area is 55.9 Å². The zero-order chi connectivity index (χ0) is 7.28. The molecule has 1 N–H and O–H groups in total. The molecular weight excluding hydrogens is 116 g/mol. The Morgan fingerprint density at radius 1 is 1.67 bits per heavy atom. The molecule has 0 unspecified atom stereocenters. The summed E-state index contributed by atoms with van der Waals surface area (Å²) in [6, 6.07) is 0. The Kier molecular flexibility index (Phi) is 4.10. The molecule has 0 aliphatic carbocycles. The SMILES string of the molecule is CCCC[C@H](C)C(=O)O. The first-order valence-corrected chi connectivity index (χ1v) is 3.41. The van der Waals surface area contributed by atoms with Crippen molar-refractivity contribution in [2.45, 2.75) is 33.1 Å². The molecule has 0 aromatic heterocycles. The van der Waals surface area contributed by atoms with Crippen LogP contribution in [0.3, 0.4) is 0 Å². The lowest BCUT2D eigenvalue weighted by Crippen LogP contribution is -2.08. The lowest BCUT2D eigenvalue weighted by atomic mass is 10.1. The van der Waals surface area contributed by atoms with Crippen molar-refractivity contribution in [3.05, 3.63) is 0 Å². The van der Waals surface area contributed by atoms with Gasteiger partial charge in [0.25, 0.3) is 0 Å².